The van der Waals surface area contributed by atoms with Gasteiger partial charge in [0.2, 0.25) is 0 Å². The maximum Gasteiger partial charge on any atom is 0.305 e. The quantitative estimate of drug-likeness (QED) is 0.171. The van der Waals surface area contributed by atoms with E-state index in [0.29, 0.717) is 25.9 Å². The van der Waals surface area contributed by atoms with Crippen molar-refractivity contribution >= 4 is 11.8 Å². The average Bonchev–Trinajstić information content (AvgIpc) is 3.09. The number of aryl methyl sites for hydroxylation is 1. The molecule has 1 aromatic carbocycles. The highest BCUT2D eigenvalue weighted by atomic mass is 16.5. The molecule has 0 fully saturated rings. The van der Waals surface area contributed by atoms with Gasteiger partial charge in [0, 0.05) is 18.4 Å². The number of unbranched alkanes of at least 4 members (excludes halogenated alkanes) is 12. The first kappa shape index (κ1) is 29.5. The summed E-state index contributed by atoms with van der Waals surface area (Å²) in [5, 5.41) is 9.71. The normalized spacial score (nSPS) is 17.1. The van der Waals surface area contributed by atoms with Crippen LogP contribution in [0.2, 0.25) is 0 Å². The van der Waals surface area contributed by atoms with Gasteiger partial charge in [0.05, 0.1) is 18.6 Å². The third-order valence-corrected chi connectivity index (χ3v) is 7.82. The smallest absolute Gasteiger partial charge is 0.305 e. The molecule has 198 valence electrons. The van der Waals surface area contributed by atoms with Gasteiger partial charge in [-0.15, -0.1) is 0 Å². The Kier molecular flexibility index (Phi) is 13.0. The number of ketones is 1. The number of hydrogen-bond acceptors (Lipinski definition) is 4. The van der Waals surface area contributed by atoms with Gasteiger partial charge in [-0.3, -0.25) is 9.59 Å². The summed E-state index contributed by atoms with van der Waals surface area (Å²) in [5.41, 5.74) is 4.29. The molecule has 1 aromatic rings. The number of fused-ring (bicyclic) bond motifs is 1. The SMILES string of the molecule is CCCCCCCCCCCCCCCC(=O)OCCc1c(C)cc2c(c1C)C(=O)[C@](C)(CO)C2. The number of aliphatic hydroxyl groups is 1. The third-order valence-electron chi connectivity index (χ3n) is 7.82. The summed E-state index contributed by atoms with van der Waals surface area (Å²) in [5.74, 6) is -0.0818. The topological polar surface area (TPSA) is 63.6 Å². The zero-order valence-corrected chi connectivity index (χ0v) is 23.0. The van der Waals surface area contributed by atoms with E-state index >= 15 is 0 Å². The minimum absolute atomic E-state index is 0.0353. The Bertz CT molecular complexity index is 813. The van der Waals surface area contributed by atoms with E-state index in [9.17, 15) is 14.7 Å². The predicted octanol–water partition coefficient (Wildman–Crippen LogP) is 7.61. The van der Waals surface area contributed by atoms with Gasteiger partial charge in [0.15, 0.2) is 5.78 Å². The number of rotatable bonds is 18. The fraction of sp³-hybridized carbons (Fsp3) is 0.742. The molecule has 1 atom stereocenters. The van der Waals surface area contributed by atoms with Crippen molar-refractivity contribution in [1.82, 2.24) is 0 Å². The summed E-state index contributed by atoms with van der Waals surface area (Å²) in [6, 6.07) is 2.08. The molecule has 1 aliphatic carbocycles. The second kappa shape index (κ2) is 15.4. The van der Waals surface area contributed by atoms with Crippen molar-refractivity contribution < 1.29 is 19.4 Å². The fourth-order valence-electron chi connectivity index (χ4n) is 5.50. The van der Waals surface area contributed by atoms with E-state index in [0.717, 1.165) is 40.7 Å². The molecule has 0 aromatic heterocycles. The number of benzene rings is 1. The Hall–Kier alpha value is -1.68. The summed E-state index contributed by atoms with van der Waals surface area (Å²) in [7, 11) is 0. The number of Topliss-reactive ketones (excluding diaryl/α,β-unsaturated/α-hetero) is 1. The molecule has 1 N–H and O–H groups in total. The minimum atomic E-state index is -0.710. The van der Waals surface area contributed by atoms with Crippen molar-refractivity contribution in [3.8, 4) is 0 Å². The lowest BCUT2D eigenvalue weighted by molar-refractivity contribution is -0.143. The molecule has 4 nitrogen and oxygen atoms in total. The highest BCUT2D eigenvalue weighted by molar-refractivity contribution is 6.06. The Labute approximate surface area is 214 Å². The van der Waals surface area contributed by atoms with E-state index in [4.69, 9.17) is 4.74 Å². The summed E-state index contributed by atoms with van der Waals surface area (Å²) >= 11 is 0. The summed E-state index contributed by atoms with van der Waals surface area (Å²) in [4.78, 5) is 25.0. The molecule has 0 bridgehead atoms. The van der Waals surface area contributed by atoms with E-state index < -0.39 is 5.41 Å². The molecule has 0 aliphatic heterocycles. The summed E-state index contributed by atoms with van der Waals surface area (Å²) in [6.07, 6.45) is 18.5. The first-order valence-corrected chi connectivity index (χ1v) is 14.3. The zero-order chi connectivity index (χ0) is 25.7. The van der Waals surface area contributed by atoms with E-state index in [1.165, 1.54) is 70.6 Å². The lowest BCUT2D eigenvalue weighted by Crippen LogP contribution is -2.28. The van der Waals surface area contributed by atoms with Crippen molar-refractivity contribution in [2.24, 2.45) is 5.41 Å². The molecule has 35 heavy (non-hydrogen) atoms. The molecule has 0 saturated carbocycles. The average molecular weight is 487 g/mol. The van der Waals surface area contributed by atoms with Gasteiger partial charge in [-0.05, 0) is 55.9 Å². The van der Waals surface area contributed by atoms with Crippen LogP contribution in [0.4, 0.5) is 0 Å². The summed E-state index contributed by atoms with van der Waals surface area (Å²) in [6.45, 7) is 8.35. The first-order valence-electron chi connectivity index (χ1n) is 14.3. The Morgan fingerprint density at radius 1 is 0.943 bits per heavy atom. The van der Waals surface area contributed by atoms with Crippen LogP contribution in [0.1, 0.15) is 136 Å². The highest BCUT2D eigenvalue weighted by Gasteiger charge is 2.42. The van der Waals surface area contributed by atoms with Gasteiger partial charge in [0.1, 0.15) is 0 Å². The maximum atomic E-state index is 12.9. The molecule has 0 heterocycles. The first-order chi connectivity index (χ1) is 16.8. The zero-order valence-electron chi connectivity index (χ0n) is 23.0. The molecule has 0 spiro atoms. The Morgan fingerprint density at radius 3 is 2.03 bits per heavy atom. The van der Waals surface area contributed by atoms with E-state index in [2.05, 4.69) is 19.9 Å². The third kappa shape index (κ3) is 9.04. The van der Waals surface area contributed by atoms with Gasteiger partial charge < -0.3 is 9.84 Å². The maximum absolute atomic E-state index is 12.9. The van der Waals surface area contributed by atoms with Crippen molar-refractivity contribution in [1.29, 1.82) is 0 Å². The van der Waals surface area contributed by atoms with Crippen LogP contribution in [0.5, 0.6) is 0 Å². The van der Waals surface area contributed by atoms with Crippen LogP contribution in [0.25, 0.3) is 0 Å². The summed E-state index contributed by atoms with van der Waals surface area (Å²) < 4.78 is 5.51. The lowest BCUT2D eigenvalue weighted by Gasteiger charge is -2.18. The molecule has 2 rings (SSSR count). The number of aliphatic hydroxyl groups excluding tert-OH is 1. The van der Waals surface area contributed by atoms with Crippen LogP contribution in [-0.2, 0) is 22.4 Å². The van der Waals surface area contributed by atoms with Crippen LogP contribution in [0.15, 0.2) is 6.07 Å². The van der Waals surface area contributed by atoms with E-state index in [1.807, 2.05) is 13.8 Å². The van der Waals surface area contributed by atoms with Gasteiger partial charge >= 0.3 is 5.97 Å². The van der Waals surface area contributed by atoms with Crippen LogP contribution < -0.4 is 0 Å². The molecule has 0 amide bonds. The van der Waals surface area contributed by atoms with Crippen LogP contribution >= 0.6 is 0 Å². The second-order valence-electron chi connectivity index (χ2n) is 11.0. The van der Waals surface area contributed by atoms with E-state index in [1.54, 1.807) is 0 Å². The van der Waals surface area contributed by atoms with Gasteiger partial charge in [0.25, 0.3) is 0 Å². The molecule has 0 unspecified atom stereocenters. The largest absolute Gasteiger partial charge is 0.465 e. The molecular formula is C31H50O4. The molecular weight excluding hydrogens is 436 g/mol. The molecule has 1 aliphatic rings. The number of carbonyl (C=O) groups is 2. The molecule has 0 radical (unpaired) electrons. The number of ether oxygens (including phenoxy) is 1. The van der Waals surface area contributed by atoms with Crippen LogP contribution in [0.3, 0.4) is 0 Å². The lowest BCUT2D eigenvalue weighted by atomic mass is 9.86. The Morgan fingerprint density at radius 2 is 1.49 bits per heavy atom. The van der Waals surface area contributed by atoms with Crippen molar-refractivity contribution in [2.45, 2.75) is 130 Å². The van der Waals surface area contributed by atoms with Crippen molar-refractivity contribution in [3.63, 3.8) is 0 Å². The second-order valence-corrected chi connectivity index (χ2v) is 11.0. The minimum Gasteiger partial charge on any atom is -0.465 e. The number of carbonyl (C=O) groups excluding carboxylic acids is 2. The molecule has 4 heteroatoms. The number of hydrogen-bond donors (Lipinski definition) is 1. The Balaban J connectivity index is 1.57. The van der Waals surface area contributed by atoms with Crippen molar-refractivity contribution in [3.05, 3.63) is 33.9 Å². The predicted molar refractivity (Wildman–Crippen MR) is 144 cm³/mol. The van der Waals surface area contributed by atoms with Gasteiger partial charge in [-0.2, -0.15) is 0 Å². The van der Waals surface area contributed by atoms with Crippen molar-refractivity contribution in [2.75, 3.05) is 13.2 Å². The van der Waals surface area contributed by atoms with Crippen LogP contribution in [-0.4, -0.2) is 30.1 Å². The number of esters is 1. The van der Waals surface area contributed by atoms with Gasteiger partial charge in [-0.25, -0.2) is 0 Å². The highest BCUT2D eigenvalue weighted by Crippen LogP contribution is 2.39. The fourth-order valence-corrected chi connectivity index (χ4v) is 5.50. The standard InChI is InChI=1S/C31H50O4/c1-5-6-7-8-9-10-11-12-13-14-15-16-17-18-28(33)35-20-19-27-24(2)21-26-22-31(4,23-32)30(34)29(26)25(27)3/h21,32H,5-20,22-23H2,1-4H3/t31-/m0/s1. The van der Waals surface area contributed by atoms with Gasteiger partial charge in [-0.1, -0.05) is 90.0 Å². The monoisotopic (exact) mass is 486 g/mol. The van der Waals surface area contributed by atoms with Crippen LogP contribution in [0, 0.1) is 19.3 Å². The molecule has 0 saturated heterocycles. The van der Waals surface area contributed by atoms with E-state index in [-0.39, 0.29) is 18.4 Å².